The second-order valence-electron chi connectivity index (χ2n) is 7.09. The smallest absolute Gasteiger partial charge is 0.219 e. The van der Waals surface area contributed by atoms with E-state index in [4.69, 9.17) is 4.42 Å². The van der Waals surface area contributed by atoms with Crippen LogP contribution in [0.5, 0.6) is 0 Å². The molecular formula is C20H25N3O2. The number of aromatic nitrogens is 1. The van der Waals surface area contributed by atoms with Gasteiger partial charge in [0.15, 0.2) is 5.76 Å². The number of oxazole rings is 1. The predicted octanol–water partition coefficient (Wildman–Crippen LogP) is 3.32. The predicted molar refractivity (Wildman–Crippen MR) is 95.8 cm³/mol. The van der Waals surface area contributed by atoms with E-state index in [1.54, 1.807) is 6.92 Å². The Balaban J connectivity index is 1.47. The van der Waals surface area contributed by atoms with Crippen molar-refractivity contribution in [1.29, 1.82) is 0 Å². The average molecular weight is 339 g/mol. The normalized spacial score (nSPS) is 24.1. The first-order chi connectivity index (χ1) is 12.2. The van der Waals surface area contributed by atoms with Crippen molar-refractivity contribution in [3.63, 3.8) is 0 Å². The molecule has 2 aliphatic rings. The molecule has 5 nitrogen and oxygen atoms in total. The molecule has 0 N–H and O–H groups in total. The molecule has 132 valence electrons. The molecule has 1 aromatic heterocycles. The zero-order chi connectivity index (χ0) is 17.2. The molecule has 5 heteroatoms. The second kappa shape index (κ2) is 7.00. The molecule has 2 atom stereocenters. The molecule has 0 bridgehead atoms. The van der Waals surface area contributed by atoms with Gasteiger partial charge in [0, 0.05) is 31.1 Å². The molecule has 3 heterocycles. The number of carbonyl (C=O) groups excluding carboxylic acids is 1. The minimum Gasteiger partial charge on any atom is -0.439 e. The van der Waals surface area contributed by atoms with Gasteiger partial charge in [-0.1, -0.05) is 30.3 Å². The number of carbonyl (C=O) groups is 1. The van der Waals surface area contributed by atoms with E-state index in [-0.39, 0.29) is 5.91 Å². The summed E-state index contributed by atoms with van der Waals surface area (Å²) in [5.41, 5.74) is 1.05. The Bertz CT molecular complexity index is 728. The van der Waals surface area contributed by atoms with Gasteiger partial charge in [0.1, 0.15) is 0 Å². The van der Waals surface area contributed by atoms with Crippen LogP contribution in [0.15, 0.2) is 40.9 Å². The molecule has 2 aromatic rings. The average Bonchev–Trinajstić information content (AvgIpc) is 3.36. The molecule has 2 unspecified atom stereocenters. The zero-order valence-corrected chi connectivity index (χ0v) is 14.7. The van der Waals surface area contributed by atoms with Gasteiger partial charge in [0.05, 0.1) is 12.7 Å². The number of rotatable bonds is 4. The van der Waals surface area contributed by atoms with E-state index < -0.39 is 0 Å². The highest BCUT2D eigenvalue weighted by molar-refractivity contribution is 5.74. The Hall–Kier alpha value is -2.14. The van der Waals surface area contributed by atoms with E-state index >= 15 is 0 Å². The van der Waals surface area contributed by atoms with Gasteiger partial charge in [-0.25, -0.2) is 4.98 Å². The fourth-order valence-corrected chi connectivity index (χ4v) is 4.36. The van der Waals surface area contributed by atoms with Crippen molar-refractivity contribution in [3.05, 3.63) is 42.4 Å². The van der Waals surface area contributed by atoms with Crippen LogP contribution in [0.2, 0.25) is 0 Å². The molecule has 0 saturated carbocycles. The van der Waals surface area contributed by atoms with Crippen molar-refractivity contribution in [2.45, 2.75) is 51.2 Å². The molecular weight excluding hydrogens is 314 g/mol. The van der Waals surface area contributed by atoms with Crippen LogP contribution in [0.4, 0.5) is 0 Å². The summed E-state index contributed by atoms with van der Waals surface area (Å²) < 4.78 is 5.98. The van der Waals surface area contributed by atoms with Crippen LogP contribution in [0.1, 0.15) is 38.5 Å². The van der Waals surface area contributed by atoms with Gasteiger partial charge in [-0.3, -0.25) is 9.69 Å². The lowest BCUT2D eigenvalue weighted by Crippen LogP contribution is -2.47. The van der Waals surface area contributed by atoms with Gasteiger partial charge in [-0.2, -0.15) is 0 Å². The van der Waals surface area contributed by atoms with E-state index in [1.807, 2.05) is 36.5 Å². The first-order valence-corrected chi connectivity index (χ1v) is 9.24. The Morgan fingerprint density at radius 1 is 1.16 bits per heavy atom. The third-order valence-electron chi connectivity index (χ3n) is 5.51. The topological polar surface area (TPSA) is 49.6 Å². The molecule has 0 radical (unpaired) electrons. The largest absolute Gasteiger partial charge is 0.439 e. The van der Waals surface area contributed by atoms with Gasteiger partial charge in [0.25, 0.3) is 0 Å². The molecule has 1 amide bonds. The van der Waals surface area contributed by atoms with Crippen LogP contribution < -0.4 is 0 Å². The number of benzene rings is 1. The SMILES string of the molecule is CC(=O)N1CCCC1C1CCCN1Cc1ncc(-c2ccccc2)o1. The van der Waals surface area contributed by atoms with Gasteiger partial charge < -0.3 is 9.32 Å². The third-order valence-corrected chi connectivity index (χ3v) is 5.51. The molecule has 1 aromatic carbocycles. The summed E-state index contributed by atoms with van der Waals surface area (Å²) in [5, 5.41) is 0. The Morgan fingerprint density at radius 3 is 2.72 bits per heavy atom. The lowest BCUT2D eigenvalue weighted by atomic mass is 10.0. The maximum Gasteiger partial charge on any atom is 0.219 e. The summed E-state index contributed by atoms with van der Waals surface area (Å²) in [7, 11) is 0. The number of hydrogen-bond acceptors (Lipinski definition) is 4. The second-order valence-corrected chi connectivity index (χ2v) is 7.09. The number of hydrogen-bond donors (Lipinski definition) is 0. The molecule has 25 heavy (non-hydrogen) atoms. The molecule has 4 rings (SSSR count). The van der Waals surface area contributed by atoms with E-state index in [0.717, 1.165) is 56.1 Å². The first-order valence-electron chi connectivity index (χ1n) is 9.24. The summed E-state index contributed by atoms with van der Waals surface area (Å²) >= 11 is 0. The van der Waals surface area contributed by atoms with Crippen LogP contribution >= 0.6 is 0 Å². The van der Waals surface area contributed by atoms with E-state index in [0.29, 0.717) is 12.1 Å². The van der Waals surface area contributed by atoms with Crippen LogP contribution in [0.3, 0.4) is 0 Å². The fraction of sp³-hybridized carbons (Fsp3) is 0.500. The summed E-state index contributed by atoms with van der Waals surface area (Å²) in [6.45, 7) is 4.37. The van der Waals surface area contributed by atoms with E-state index in [9.17, 15) is 4.79 Å². The highest BCUT2D eigenvalue weighted by Gasteiger charge is 2.39. The van der Waals surface area contributed by atoms with Gasteiger partial charge in [0.2, 0.25) is 11.8 Å². The van der Waals surface area contributed by atoms with Crippen LogP contribution in [0.25, 0.3) is 11.3 Å². The van der Waals surface area contributed by atoms with Crippen LogP contribution in [-0.2, 0) is 11.3 Å². The number of likely N-dealkylation sites (tertiary alicyclic amines) is 2. The Kier molecular flexibility index (Phi) is 4.57. The molecule has 0 spiro atoms. The van der Waals surface area contributed by atoms with Crippen molar-refractivity contribution in [1.82, 2.24) is 14.8 Å². The van der Waals surface area contributed by atoms with Crippen LogP contribution in [-0.4, -0.2) is 45.9 Å². The van der Waals surface area contributed by atoms with E-state index in [1.165, 1.54) is 6.42 Å². The molecule has 2 fully saturated rings. The molecule has 2 aliphatic heterocycles. The molecule has 0 aliphatic carbocycles. The van der Waals surface area contributed by atoms with Crippen molar-refractivity contribution in [2.75, 3.05) is 13.1 Å². The number of nitrogens with zero attached hydrogens (tertiary/aromatic N) is 3. The quantitative estimate of drug-likeness (QED) is 0.857. The summed E-state index contributed by atoms with van der Waals surface area (Å²) in [5.74, 6) is 1.78. The number of amides is 1. The van der Waals surface area contributed by atoms with Crippen molar-refractivity contribution < 1.29 is 9.21 Å². The Labute approximate surface area is 148 Å². The highest BCUT2D eigenvalue weighted by atomic mass is 16.4. The minimum atomic E-state index is 0.205. The highest BCUT2D eigenvalue weighted by Crippen LogP contribution is 2.31. The fourth-order valence-electron chi connectivity index (χ4n) is 4.36. The van der Waals surface area contributed by atoms with Crippen molar-refractivity contribution in [3.8, 4) is 11.3 Å². The summed E-state index contributed by atoms with van der Waals surface area (Å²) in [6.07, 6.45) is 6.38. The van der Waals surface area contributed by atoms with E-state index in [2.05, 4.69) is 14.8 Å². The zero-order valence-electron chi connectivity index (χ0n) is 14.7. The first kappa shape index (κ1) is 16.3. The maximum absolute atomic E-state index is 11.9. The molecule has 2 saturated heterocycles. The maximum atomic E-state index is 11.9. The van der Waals surface area contributed by atoms with Gasteiger partial charge >= 0.3 is 0 Å². The summed E-state index contributed by atoms with van der Waals surface area (Å²) in [6, 6.07) is 10.9. The standard InChI is InChI=1S/C20H25N3O2/c1-15(24)23-12-6-10-18(23)17-9-5-11-22(17)14-20-21-13-19(25-20)16-7-3-2-4-8-16/h2-4,7-8,13,17-18H,5-6,9-12,14H2,1H3. The van der Waals surface area contributed by atoms with Gasteiger partial charge in [-0.15, -0.1) is 0 Å². The lowest BCUT2D eigenvalue weighted by molar-refractivity contribution is -0.130. The van der Waals surface area contributed by atoms with Crippen molar-refractivity contribution >= 4 is 5.91 Å². The van der Waals surface area contributed by atoms with Gasteiger partial charge in [-0.05, 0) is 32.2 Å². The monoisotopic (exact) mass is 339 g/mol. The summed E-state index contributed by atoms with van der Waals surface area (Å²) in [4.78, 5) is 20.9. The van der Waals surface area contributed by atoms with Crippen molar-refractivity contribution in [2.24, 2.45) is 0 Å². The lowest BCUT2D eigenvalue weighted by Gasteiger charge is -2.34. The Morgan fingerprint density at radius 2 is 1.92 bits per heavy atom. The third kappa shape index (κ3) is 3.33. The van der Waals surface area contributed by atoms with Crippen LogP contribution in [0, 0.1) is 0 Å². The minimum absolute atomic E-state index is 0.205.